The number of nitrogens with one attached hydrogen (secondary N) is 1. The first-order valence-electron chi connectivity index (χ1n) is 7.00. The monoisotopic (exact) mass is 320 g/mol. The van der Waals surface area contributed by atoms with Crippen LogP contribution >= 0.6 is 24.0 Å². The van der Waals surface area contributed by atoms with Crippen molar-refractivity contribution in [2.75, 3.05) is 26.7 Å². The summed E-state index contributed by atoms with van der Waals surface area (Å²) in [6.45, 7) is 4.16. The Labute approximate surface area is 132 Å². The minimum absolute atomic E-state index is 0. The molecule has 0 saturated carbocycles. The topological polar surface area (TPSA) is 15.3 Å². The van der Waals surface area contributed by atoms with Gasteiger partial charge in [0.25, 0.3) is 0 Å². The lowest BCUT2D eigenvalue weighted by atomic mass is 9.93. The lowest BCUT2D eigenvalue weighted by Gasteiger charge is -2.32. The number of hydrogen-bond acceptors (Lipinski definition) is 2. The molecular weight excluding hydrogens is 298 g/mol. The molecule has 0 unspecified atom stereocenters. The highest BCUT2D eigenvalue weighted by Gasteiger charge is 2.19. The van der Waals surface area contributed by atoms with Crippen LogP contribution in [-0.4, -0.2) is 31.6 Å². The maximum Gasteiger partial charge on any atom is 0.124 e. The second-order valence-corrected chi connectivity index (χ2v) is 5.75. The molecule has 0 atom stereocenters. The van der Waals surface area contributed by atoms with Gasteiger partial charge in [0.15, 0.2) is 0 Å². The molecule has 5 heteroatoms. The van der Waals surface area contributed by atoms with Gasteiger partial charge in [-0.15, -0.1) is 12.4 Å². The van der Waals surface area contributed by atoms with Crippen molar-refractivity contribution in [3.8, 4) is 0 Å². The van der Waals surface area contributed by atoms with Gasteiger partial charge in [0.1, 0.15) is 5.82 Å². The molecule has 0 bridgehead atoms. The molecule has 1 aliphatic heterocycles. The fourth-order valence-electron chi connectivity index (χ4n) is 2.67. The fraction of sp³-hybridized carbons (Fsp3) is 0.600. The van der Waals surface area contributed by atoms with Crippen molar-refractivity contribution in [3.63, 3.8) is 0 Å². The smallest absolute Gasteiger partial charge is 0.124 e. The lowest BCUT2D eigenvalue weighted by Crippen LogP contribution is -2.34. The van der Waals surface area contributed by atoms with Gasteiger partial charge in [0.2, 0.25) is 0 Å². The molecule has 1 N–H and O–H groups in total. The Bertz CT molecular complexity index is 407. The van der Waals surface area contributed by atoms with Crippen LogP contribution in [0, 0.1) is 11.7 Å². The van der Waals surface area contributed by atoms with Gasteiger partial charge in [-0.2, -0.15) is 0 Å². The number of piperidine rings is 1. The van der Waals surface area contributed by atoms with Crippen molar-refractivity contribution in [2.45, 2.75) is 25.8 Å². The Morgan fingerprint density at radius 2 is 2.05 bits per heavy atom. The van der Waals surface area contributed by atoms with Crippen LogP contribution in [0.25, 0.3) is 0 Å². The molecule has 0 spiro atoms. The van der Waals surface area contributed by atoms with Crippen LogP contribution in [0.5, 0.6) is 0 Å². The molecular formula is C15H23Cl2FN2. The van der Waals surface area contributed by atoms with Gasteiger partial charge in [-0.3, -0.25) is 4.90 Å². The fourth-order valence-corrected chi connectivity index (χ4v) is 2.90. The van der Waals surface area contributed by atoms with E-state index in [2.05, 4.69) is 10.2 Å². The number of nitrogens with zero attached hydrogens (tertiary/aromatic N) is 1. The summed E-state index contributed by atoms with van der Waals surface area (Å²) < 4.78 is 13.0. The first-order valence-corrected chi connectivity index (χ1v) is 7.37. The minimum atomic E-state index is -0.264. The van der Waals surface area contributed by atoms with E-state index in [-0.39, 0.29) is 18.2 Å². The maximum atomic E-state index is 13.0. The average molecular weight is 321 g/mol. The molecule has 0 amide bonds. The highest BCUT2D eigenvalue weighted by Crippen LogP contribution is 2.24. The van der Waals surface area contributed by atoms with Crippen LogP contribution in [0.4, 0.5) is 4.39 Å². The molecule has 20 heavy (non-hydrogen) atoms. The third-order valence-corrected chi connectivity index (χ3v) is 4.27. The highest BCUT2D eigenvalue weighted by molar-refractivity contribution is 6.31. The van der Waals surface area contributed by atoms with Crippen LogP contribution in [0.15, 0.2) is 18.2 Å². The summed E-state index contributed by atoms with van der Waals surface area (Å²) in [5.74, 6) is 0.576. The van der Waals surface area contributed by atoms with Crippen LogP contribution < -0.4 is 5.32 Å². The molecule has 1 aliphatic rings. The number of halogens is 3. The molecule has 114 valence electrons. The molecule has 2 rings (SSSR count). The van der Waals surface area contributed by atoms with Gasteiger partial charge in [-0.25, -0.2) is 4.39 Å². The van der Waals surface area contributed by atoms with Gasteiger partial charge in [-0.05, 0) is 69.6 Å². The normalized spacial score (nSPS) is 16.9. The van der Waals surface area contributed by atoms with E-state index >= 15 is 0 Å². The van der Waals surface area contributed by atoms with E-state index in [0.717, 1.165) is 37.7 Å². The summed E-state index contributed by atoms with van der Waals surface area (Å²) in [6, 6.07) is 4.68. The van der Waals surface area contributed by atoms with Gasteiger partial charge < -0.3 is 5.32 Å². The summed E-state index contributed by atoms with van der Waals surface area (Å²) in [5, 5.41) is 3.75. The minimum Gasteiger partial charge on any atom is -0.320 e. The van der Waals surface area contributed by atoms with E-state index in [1.165, 1.54) is 31.4 Å². The van der Waals surface area contributed by atoms with Crippen LogP contribution in [0.2, 0.25) is 5.02 Å². The Balaban J connectivity index is 0.00000200. The van der Waals surface area contributed by atoms with E-state index in [0.29, 0.717) is 5.02 Å². The molecule has 1 aromatic rings. The molecule has 0 aliphatic carbocycles. The largest absolute Gasteiger partial charge is 0.320 e. The number of likely N-dealkylation sites (tertiary alicyclic amines) is 1. The van der Waals surface area contributed by atoms with E-state index in [1.54, 1.807) is 6.07 Å². The first-order chi connectivity index (χ1) is 9.19. The summed E-state index contributed by atoms with van der Waals surface area (Å²) in [6.07, 6.45) is 3.77. The molecule has 1 aromatic carbocycles. The predicted octanol–water partition coefficient (Wildman–Crippen LogP) is 3.72. The molecule has 1 fully saturated rings. The molecule has 0 radical (unpaired) electrons. The molecule has 2 nitrogen and oxygen atoms in total. The number of benzene rings is 1. The summed E-state index contributed by atoms with van der Waals surface area (Å²) >= 11 is 6.07. The zero-order valence-electron chi connectivity index (χ0n) is 11.9. The third-order valence-electron chi connectivity index (χ3n) is 3.92. The van der Waals surface area contributed by atoms with Crippen molar-refractivity contribution in [1.29, 1.82) is 0 Å². The van der Waals surface area contributed by atoms with Gasteiger partial charge in [0.05, 0.1) is 0 Å². The quantitative estimate of drug-likeness (QED) is 0.889. The van der Waals surface area contributed by atoms with Crippen molar-refractivity contribution in [1.82, 2.24) is 10.2 Å². The molecule has 1 heterocycles. The summed E-state index contributed by atoms with van der Waals surface area (Å²) in [5.41, 5.74) is 1.02. The van der Waals surface area contributed by atoms with Gasteiger partial charge in [-0.1, -0.05) is 17.7 Å². The highest BCUT2D eigenvalue weighted by atomic mass is 35.5. The van der Waals surface area contributed by atoms with Crippen molar-refractivity contribution in [3.05, 3.63) is 34.6 Å². The molecule has 1 saturated heterocycles. The Kier molecular flexibility index (Phi) is 7.82. The molecule has 0 aromatic heterocycles. The predicted molar refractivity (Wildman–Crippen MR) is 85.2 cm³/mol. The van der Waals surface area contributed by atoms with E-state index < -0.39 is 0 Å². The van der Waals surface area contributed by atoms with E-state index in [9.17, 15) is 4.39 Å². The zero-order valence-corrected chi connectivity index (χ0v) is 13.4. The average Bonchev–Trinajstić information content (AvgIpc) is 2.41. The van der Waals surface area contributed by atoms with Gasteiger partial charge in [0, 0.05) is 11.6 Å². The SMILES string of the molecule is CNCCC1CCN(Cc2ccc(F)cc2Cl)CC1.Cl. The number of rotatable bonds is 5. The third kappa shape index (κ3) is 5.21. The van der Waals surface area contributed by atoms with Crippen molar-refractivity contribution >= 4 is 24.0 Å². The number of hydrogen-bond donors (Lipinski definition) is 1. The van der Waals surface area contributed by atoms with Crippen LogP contribution in [0.1, 0.15) is 24.8 Å². The maximum absolute atomic E-state index is 13.0. The van der Waals surface area contributed by atoms with Crippen molar-refractivity contribution in [2.24, 2.45) is 5.92 Å². The van der Waals surface area contributed by atoms with Gasteiger partial charge >= 0.3 is 0 Å². The Morgan fingerprint density at radius 1 is 1.35 bits per heavy atom. The zero-order chi connectivity index (χ0) is 13.7. The second-order valence-electron chi connectivity index (χ2n) is 5.35. The standard InChI is InChI=1S/C15H22ClFN2.ClH/c1-18-7-4-12-5-8-19(9-6-12)11-13-2-3-14(17)10-15(13)16;/h2-3,10,12,18H,4-9,11H2,1H3;1H. The van der Waals surface area contributed by atoms with Crippen LogP contribution in [0.3, 0.4) is 0 Å². The van der Waals surface area contributed by atoms with Crippen LogP contribution in [-0.2, 0) is 6.54 Å². The summed E-state index contributed by atoms with van der Waals surface area (Å²) in [4.78, 5) is 2.41. The Hall–Kier alpha value is -0.350. The van der Waals surface area contributed by atoms with E-state index in [4.69, 9.17) is 11.6 Å². The summed E-state index contributed by atoms with van der Waals surface area (Å²) in [7, 11) is 2.01. The van der Waals surface area contributed by atoms with E-state index in [1.807, 2.05) is 7.05 Å². The first kappa shape index (κ1) is 17.7. The van der Waals surface area contributed by atoms with Crippen molar-refractivity contribution < 1.29 is 4.39 Å². The Morgan fingerprint density at radius 3 is 2.65 bits per heavy atom. The second kappa shape index (κ2) is 8.83. The lowest BCUT2D eigenvalue weighted by molar-refractivity contribution is 0.172.